The van der Waals surface area contributed by atoms with E-state index in [1.54, 1.807) is 11.6 Å². The van der Waals surface area contributed by atoms with Crippen LogP contribution in [0.25, 0.3) is 0 Å². The smallest absolute Gasteiger partial charge is 0.298 e. The molecule has 1 aromatic rings. The molecule has 0 aromatic carbocycles. The lowest BCUT2D eigenvalue weighted by Gasteiger charge is -2.32. The fourth-order valence-corrected chi connectivity index (χ4v) is 3.19. The molecule has 8 nitrogen and oxygen atoms in total. The Hall–Kier alpha value is -2.51. The van der Waals surface area contributed by atoms with E-state index in [0.29, 0.717) is 11.8 Å². The first-order valence-electron chi connectivity index (χ1n) is 8.15. The number of amides is 3. The molecule has 2 aliphatic heterocycles. The van der Waals surface area contributed by atoms with Gasteiger partial charge in [-0.2, -0.15) is 0 Å². The summed E-state index contributed by atoms with van der Waals surface area (Å²) in [5.74, 6) is 0.470. The van der Waals surface area contributed by atoms with Crippen LogP contribution in [0.15, 0.2) is 11.2 Å². The Morgan fingerprint density at radius 2 is 2.08 bits per heavy atom. The summed E-state index contributed by atoms with van der Waals surface area (Å²) in [5.41, 5.74) is 1.02. The summed E-state index contributed by atoms with van der Waals surface area (Å²) in [5, 5.41) is 0. The van der Waals surface area contributed by atoms with Crippen molar-refractivity contribution in [3.05, 3.63) is 11.9 Å². The largest absolute Gasteiger partial charge is 0.401 e. The molecular weight excluding hydrogens is 310 g/mol. The van der Waals surface area contributed by atoms with Crippen LogP contribution in [0.1, 0.15) is 38.4 Å². The van der Waals surface area contributed by atoms with Crippen LogP contribution in [0.5, 0.6) is 0 Å². The topological polar surface area (TPSA) is 78.9 Å². The van der Waals surface area contributed by atoms with Crippen LogP contribution in [-0.4, -0.2) is 51.5 Å². The number of aromatic nitrogens is 2. The lowest BCUT2D eigenvalue weighted by molar-refractivity contribution is -0.677. The van der Waals surface area contributed by atoms with Crippen molar-refractivity contribution in [2.75, 3.05) is 13.6 Å². The molecule has 3 amide bonds. The molecule has 1 aromatic heterocycles. The molecule has 1 unspecified atom stereocenters. The van der Waals surface area contributed by atoms with Crippen molar-refractivity contribution in [2.45, 2.75) is 46.2 Å². The van der Waals surface area contributed by atoms with Crippen molar-refractivity contribution in [1.82, 2.24) is 14.4 Å². The summed E-state index contributed by atoms with van der Waals surface area (Å²) >= 11 is 0. The highest BCUT2D eigenvalue weighted by Crippen LogP contribution is 2.29. The third-order valence-electron chi connectivity index (χ3n) is 4.44. The Kier molecular flexibility index (Phi) is 3.98. The van der Waals surface area contributed by atoms with Crippen molar-refractivity contribution in [3.8, 4) is 0 Å². The number of ketones is 1. The average Bonchev–Trinajstić information content (AvgIpc) is 3.02. The zero-order valence-electron chi connectivity index (χ0n) is 14.4. The van der Waals surface area contributed by atoms with E-state index in [9.17, 15) is 14.4 Å². The minimum atomic E-state index is -0.677. The van der Waals surface area contributed by atoms with Gasteiger partial charge in [-0.05, 0) is 20.3 Å². The molecule has 0 saturated carbocycles. The maximum atomic E-state index is 12.8. The minimum absolute atomic E-state index is 0.211. The first-order chi connectivity index (χ1) is 11.4. The molecule has 0 radical (unpaired) electrons. The number of rotatable bonds is 5. The summed E-state index contributed by atoms with van der Waals surface area (Å²) in [4.78, 5) is 43.5. The van der Waals surface area contributed by atoms with Crippen molar-refractivity contribution < 1.29 is 19.0 Å². The van der Waals surface area contributed by atoms with E-state index < -0.39 is 18.0 Å². The lowest BCUT2D eigenvalue weighted by Crippen LogP contribution is -2.63. The SMILES string of the molecule is CCCCn1c(C)c[n+]2c1N=C1C2C(=O)N(CC(C)=O)C(=O)N1C. The van der Waals surface area contributed by atoms with Crippen molar-refractivity contribution in [3.63, 3.8) is 0 Å². The van der Waals surface area contributed by atoms with Gasteiger partial charge >= 0.3 is 12.0 Å². The van der Waals surface area contributed by atoms with Gasteiger partial charge in [0.2, 0.25) is 11.9 Å². The average molecular weight is 332 g/mol. The number of fused-ring (bicyclic) bond motifs is 3. The molecule has 128 valence electrons. The molecule has 0 N–H and O–H groups in total. The number of imidazole rings is 1. The number of Topliss-reactive ketones (excluding diaryl/α,β-unsaturated/α-hetero) is 1. The summed E-state index contributed by atoms with van der Waals surface area (Å²) < 4.78 is 3.87. The molecule has 2 aliphatic rings. The first-order valence-corrected chi connectivity index (χ1v) is 8.15. The minimum Gasteiger partial charge on any atom is -0.298 e. The number of hydrogen-bond donors (Lipinski definition) is 0. The molecule has 3 heterocycles. The summed E-state index contributed by atoms with van der Waals surface area (Å²) in [6.07, 6.45) is 3.96. The highest BCUT2D eigenvalue weighted by molar-refractivity contribution is 6.19. The van der Waals surface area contributed by atoms with Crippen LogP contribution < -0.4 is 4.57 Å². The van der Waals surface area contributed by atoms with Crippen LogP contribution in [-0.2, 0) is 16.1 Å². The summed E-state index contributed by atoms with van der Waals surface area (Å²) in [6.45, 7) is 6.07. The monoisotopic (exact) mass is 332 g/mol. The zero-order chi connectivity index (χ0) is 17.6. The molecule has 1 saturated heterocycles. The zero-order valence-corrected chi connectivity index (χ0v) is 14.4. The van der Waals surface area contributed by atoms with Gasteiger partial charge in [-0.15, -0.1) is 0 Å². The van der Waals surface area contributed by atoms with Crippen LogP contribution in [0.2, 0.25) is 0 Å². The van der Waals surface area contributed by atoms with E-state index >= 15 is 0 Å². The summed E-state index contributed by atoms with van der Waals surface area (Å²) in [6, 6.07) is -1.18. The van der Waals surface area contributed by atoms with Crippen LogP contribution in [0.4, 0.5) is 10.7 Å². The lowest BCUT2D eigenvalue weighted by atomic mass is 10.1. The number of carbonyl (C=O) groups is 3. The third-order valence-corrected chi connectivity index (χ3v) is 4.44. The fraction of sp³-hybridized carbons (Fsp3) is 0.562. The Bertz CT molecular complexity index is 764. The van der Waals surface area contributed by atoms with Crippen molar-refractivity contribution in [1.29, 1.82) is 0 Å². The molecular formula is C16H22N5O3+. The van der Waals surface area contributed by atoms with Crippen molar-refractivity contribution >= 4 is 29.5 Å². The molecule has 0 bridgehead atoms. The van der Waals surface area contributed by atoms with Crippen LogP contribution >= 0.6 is 0 Å². The van der Waals surface area contributed by atoms with Gasteiger partial charge < -0.3 is 0 Å². The number of likely N-dealkylation sites (N-methyl/N-ethyl adjacent to an activating group) is 1. The molecule has 0 spiro atoms. The fourth-order valence-electron chi connectivity index (χ4n) is 3.19. The number of imide groups is 1. The molecule has 1 atom stereocenters. The number of aliphatic imine (C=N–C) groups is 1. The van der Waals surface area contributed by atoms with Gasteiger partial charge in [-0.3, -0.25) is 19.4 Å². The maximum absolute atomic E-state index is 12.8. The molecule has 1 fully saturated rings. The molecule has 24 heavy (non-hydrogen) atoms. The van der Waals surface area contributed by atoms with Gasteiger partial charge in [0.05, 0.1) is 13.1 Å². The van der Waals surface area contributed by atoms with E-state index in [2.05, 4.69) is 16.5 Å². The summed E-state index contributed by atoms with van der Waals surface area (Å²) in [7, 11) is 1.59. The van der Waals surface area contributed by atoms with Gasteiger partial charge in [0, 0.05) is 7.05 Å². The number of carbonyl (C=O) groups excluding carboxylic acids is 3. The number of nitrogens with zero attached hydrogens (tertiary/aromatic N) is 5. The van der Waals surface area contributed by atoms with Crippen LogP contribution in [0.3, 0.4) is 0 Å². The molecule has 3 rings (SSSR count). The van der Waals surface area contributed by atoms with E-state index in [1.807, 2.05) is 13.1 Å². The van der Waals surface area contributed by atoms with E-state index in [0.717, 1.165) is 30.0 Å². The predicted molar refractivity (Wildman–Crippen MR) is 86.0 cm³/mol. The van der Waals surface area contributed by atoms with Crippen molar-refractivity contribution in [2.24, 2.45) is 4.99 Å². The number of hydrogen-bond acceptors (Lipinski definition) is 4. The number of aryl methyl sites for hydroxylation is 1. The van der Waals surface area contributed by atoms with Gasteiger partial charge in [-0.1, -0.05) is 18.3 Å². The van der Waals surface area contributed by atoms with Crippen LogP contribution in [0, 0.1) is 6.92 Å². The van der Waals surface area contributed by atoms with Gasteiger partial charge in [0.15, 0.2) is 0 Å². The number of amidine groups is 1. The Balaban J connectivity index is 2.03. The maximum Gasteiger partial charge on any atom is 0.401 e. The van der Waals surface area contributed by atoms with E-state index in [4.69, 9.17) is 0 Å². The molecule has 0 aliphatic carbocycles. The predicted octanol–water partition coefficient (Wildman–Crippen LogP) is 0.952. The highest BCUT2D eigenvalue weighted by atomic mass is 16.2. The van der Waals surface area contributed by atoms with E-state index in [-0.39, 0.29) is 12.3 Å². The Morgan fingerprint density at radius 1 is 1.38 bits per heavy atom. The first kappa shape index (κ1) is 16.4. The second-order valence-corrected chi connectivity index (χ2v) is 6.32. The second kappa shape index (κ2) is 5.85. The normalized spacial score (nSPS) is 19.5. The molecule has 8 heteroatoms. The van der Waals surface area contributed by atoms with Gasteiger partial charge in [0.1, 0.15) is 17.7 Å². The Morgan fingerprint density at radius 3 is 2.71 bits per heavy atom. The standard InChI is InChI=1S/C16H22N5O3/c1-5-6-7-19-10(2)8-20-12-13(17-15(19)20)18(4)16(24)21(14(12)23)9-11(3)22/h8,12H,5-7,9H2,1-4H3/q+1. The second-order valence-electron chi connectivity index (χ2n) is 6.32. The number of unbranched alkanes of at least 4 members (excludes halogenated alkanes) is 1. The highest BCUT2D eigenvalue weighted by Gasteiger charge is 2.53. The van der Waals surface area contributed by atoms with E-state index in [1.165, 1.54) is 11.8 Å². The Labute approximate surface area is 140 Å². The number of urea groups is 1. The van der Waals surface area contributed by atoms with Gasteiger partial charge in [-0.25, -0.2) is 13.9 Å². The quantitative estimate of drug-likeness (QED) is 0.753. The van der Waals surface area contributed by atoms with Gasteiger partial charge in [0.25, 0.3) is 5.91 Å². The third kappa shape index (κ3) is 2.33.